The van der Waals surface area contributed by atoms with Gasteiger partial charge in [0.15, 0.2) is 0 Å². The molecule has 1 aromatic rings. The third-order valence-electron chi connectivity index (χ3n) is 5.05. The van der Waals surface area contributed by atoms with Gasteiger partial charge in [-0.1, -0.05) is 11.3 Å². The highest BCUT2D eigenvalue weighted by molar-refractivity contribution is 7.15. The van der Waals surface area contributed by atoms with Gasteiger partial charge in [0.2, 0.25) is 5.13 Å². The molecule has 4 aliphatic carbocycles. The Bertz CT molecular complexity index is 420. The van der Waals surface area contributed by atoms with Crippen molar-refractivity contribution in [2.24, 2.45) is 23.5 Å². The molecule has 4 fully saturated rings. The minimum atomic E-state index is 0.333. The standard InChI is InChI=1S/C13H20N4S/c14-7-11-16-17-12(18-11)15-13-4-8-1-9(5-13)3-10(2-8)6-13/h8-10H,1-7,14H2,(H,15,17). The maximum absolute atomic E-state index is 5.60. The average Bonchev–Trinajstić information content (AvgIpc) is 2.74. The number of aromatic nitrogens is 2. The predicted octanol–water partition coefficient (Wildman–Crippen LogP) is 2.38. The molecule has 0 amide bonds. The Labute approximate surface area is 111 Å². The number of hydrogen-bond donors (Lipinski definition) is 2. The summed E-state index contributed by atoms with van der Waals surface area (Å²) in [5.74, 6) is 2.89. The molecule has 4 nitrogen and oxygen atoms in total. The van der Waals surface area contributed by atoms with Gasteiger partial charge in [-0.2, -0.15) is 0 Å². The topological polar surface area (TPSA) is 63.8 Å². The SMILES string of the molecule is NCc1nnc(NC23CC4CC(CC(C4)C2)C3)s1. The quantitative estimate of drug-likeness (QED) is 0.880. The van der Waals surface area contributed by atoms with Crippen molar-refractivity contribution in [3.63, 3.8) is 0 Å². The molecule has 1 heterocycles. The van der Waals surface area contributed by atoms with E-state index in [1.807, 2.05) is 0 Å². The molecule has 0 aliphatic heterocycles. The van der Waals surface area contributed by atoms with Gasteiger partial charge in [0.1, 0.15) is 5.01 Å². The van der Waals surface area contributed by atoms with Gasteiger partial charge in [0.05, 0.1) is 0 Å². The molecule has 0 atom stereocenters. The summed E-state index contributed by atoms with van der Waals surface area (Å²) in [5, 5.41) is 14.0. The van der Waals surface area contributed by atoms with E-state index in [1.165, 1.54) is 38.5 Å². The predicted molar refractivity (Wildman–Crippen MR) is 72.3 cm³/mol. The second-order valence-corrected chi connectivity index (χ2v) is 7.59. The Kier molecular flexibility index (Phi) is 2.42. The number of rotatable bonds is 3. The van der Waals surface area contributed by atoms with E-state index in [0.29, 0.717) is 12.1 Å². The zero-order valence-corrected chi connectivity index (χ0v) is 11.4. The van der Waals surface area contributed by atoms with Crippen molar-refractivity contribution in [1.29, 1.82) is 0 Å². The van der Waals surface area contributed by atoms with Crippen LogP contribution in [0.1, 0.15) is 43.5 Å². The van der Waals surface area contributed by atoms with Crippen molar-refractivity contribution in [3.05, 3.63) is 5.01 Å². The van der Waals surface area contributed by atoms with Crippen LogP contribution in [-0.2, 0) is 6.54 Å². The molecule has 3 N–H and O–H groups in total. The van der Waals surface area contributed by atoms with Gasteiger partial charge in [-0.3, -0.25) is 0 Å². The molecule has 0 aromatic carbocycles. The Hall–Kier alpha value is -0.680. The van der Waals surface area contributed by atoms with Gasteiger partial charge in [-0.25, -0.2) is 0 Å². The normalized spacial score (nSPS) is 41.3. The number of nitrogens with zero attached hydrogens (tertiary/aromatic N) is 2. The maximum Gasteiger partial charge on any atom is 0.206 e. The molecule has 18 heavy (non-hydrogen) atoms. The largest absolute Gasteiger partial charge is 0.355 e. The number of anilines is 1. The van der Waals surface area contributed by atoms with E-state index >= 15 is 0 Å². The summed E-state index contributed by atoms with van der Waals surface area (Å²) in [6.07, 6.45) is 8.46. The summed E-state index contributed by atoms with van der Waals surface area (Å²) in [7, 11) is 0. The average molecular weight is 264 g/mol. The zero-order chi connectivity index (χ0) is 12.2. The summed E-state index contributed by atoms with van der Waals surface area (Å²) in [4.78, 5) is 0. The van der Waals surface area contributed by atoms with Gasteiger partial charge in [0, 0.05) is 12.1 Å². The first kappa shape index (κ1) is 11.2. The first-order valence-electron chi connectivity index (χ1n) is 7.05. The molecule has 0 radical (unpaired) electrons. The van der Waals surface area contributed by atoms with Crippen LogP contribution >= 0.6 is 11.3 Å². The van der Waals surface area contributed by atoms with Gasteiger partial charge < -0.3 is 11.1 Å². The van der Waals surface area contributed by atoms with Crippen LogP contribution < -0.4 is 11.1 Å². The van der Waals surface area contributed by atoms with Crippen LogP contribution in [0.25, 0.3) is 0 Å². The molecule has 0 unspecified atom stereocenters. The van der Waals surface area contributed by atoms with E-state index in [0.717, 1.165) is 27.9 Å². The van der Waals surface area contributed by atoms with Crippen molar-refractivity contribution < 1.29 is 0 Å². The minimum Gasteiger partial charge on any atom is -0.355 e. The minimum absolute atomic E-state index is 0.333. The second kappa shape index (κ2) is 3.90. The first-order valence-corrected chi connectivity index (χ1v) is 7.87. The van der Waals surface area contributed by atoms with Crippen molar-refractivity contribution in [2.45, 2.75) is 50.6 Å². The lowest BCUT2D eigenvalue weighted by molar-refractivity contribution is 0.0107. The lowest BCUT2D eigenvalue weighted by Crippen LogP contribution is -2.54. The van der Waals surface area contributed by atoms with E-state index in [1.54, 1.807) is 11.3 Å². The summed E-state index contributed by atoms with van der Waals surface area (Å²) in [5.41, 5.74) is 5.94. The van der Waals surface area contributed by atoms with Crippen LogP contribution in [0, 0.1) is 17.8 Å². The maximum atomic E-state index is 5.60. The van der Waals surface area contributed by atoms with E-state index in [-0.39, 0.29) is 0 Å². The molecule has 1 aromatic heterocycles. The van der Waals surface area contributed by atoms with Crippen molar-refractivity contribution >= 4 is 16.5 Å². The summed E-state index contributed by atoms with van der Waals surface area (Å²) in [6.45, 7) is 0.500. The van der Waals surface area contributed by atoms with E-state index in [2.05, 4.69) is 15.5 Å². The highest BCUT2D eigenvalue weighted by atomic mass is 32.1. The van der Waals surface area contributed by atoms with E-state index in [9.17, 15) is 0 Å². The molecular formula is C13H20N4S. The van der Waals surface area contributed by atoms with Crippen LogP contribution in [0.5, 0.6) is 0 Å². The van der Waals surface area contributed by atoms with Crippen molar-refractivity contribution in [2.75, 3.05) is 5.32 Å². The lowest BCUT2D eigenvalue weighted by atomic mass is 9.53. The highest BCUT2D eigenvalue weighted by Crippen LogP contribution is 2.56. The third kappa shape index (κ3) is 1.75. The fourth-order valence-electron chi connectivity index (χ4n) is 4.88. The van der Waals surface area contributed by atoms with E-state index < -0.39 is 0 Å². The summed E-state index contributed by atoms with van der Waals surface area (Å²) < 4.78 is 0. The van der Waals surface area contributed by atoms with Crippen LogP contribution in [0.15, 0.2) is 0 Å². The summed E-state index contributed by atoms with van der Waals surface area (Å²) in [6, 6.07) is 0. The van der Waals surface area contributed by atoms with Gasteiger partial charge in [-0.15, -0.1) is 10.2 Å². The molecule has 98 valence electrons. The lowest BCUT2D eigenvalue weighted by Gasteiger charge is -2.56. The molecule has 0 saturated heterocycles. The number of nitrogens with two attached hydrogens (primary N) is 1. The molecule has 0 spiro atoms. The van der Waals surface area contributed by atoms with Crippen molar-refractivity contribution in [1.82, 2.24) is 10.2 Å². The van der Waals surface area contributed by atoms with Gasteiger partial charge in [-0.05, 0) is 56.3 Å². The monoisotopic (exact) mass is 264 g/mol. The van der Waals surface area contributed by atoms with Crippen LogP contribution in [0.3, 0.4) is 0 Å². The van der Waals surface area contributed by atoms with Gasteiger partial charge >= 0.3 is 0 Å². The fraction of sp³-hybridized carbons (Fsp3) is 0.846. The fourth-order valence-corrected chi connectivity index (χ4v) is 5.61. The second-order valence-electron chi connectivity index (χ2n) is 6.53. The molecule has 4 aliphatic rings. The Morgan fingerprint density at radius 1 is 1.11 bits per heavy atom. The van der Waals surface area contributed by atoms with E-state index in [4.69, 9.17) is 5.73 Å². The first-order chi connectivity index (χ1) is 8.75. The number of hydrogen-bond acceptors (Lipinski definition) is 5. The summed E-state index contributed by atoms with van der Waals surface area (Å²) >= 11 is 1.62. The van der Waals surface area contributed by atoms with Crippen LogP contribution in [0.2, 0.25) is 0 Å². The third-order valence-corrected chi connectivity index (χ3v) is 5.91. The zero-order valence-electron chi connectivity index (χ0n) is 10.6. The molecule has 4 bridgehead atoms. The van der Waals surface area contributed by atoms with Crippen LogP contribution in [-0.4, -0.2) is 15.7 Å². The van der Waals surface area contributed by atoms with Gasteiger partial charge in [0.25, 0.3) is 0 Å². The molecular weight excluding hydrogens is 244 g/mol. The molecule has 5 rings (SSSR count). The Morgan fingerprint density at radius 3 is 2.22 bits per heavy atom. The van der Waals surface area contributed by atoms with Crippen LogP contribution in [0.4, 0.5) is 5.13 Å². The smallest absolute Gasteiger partial charge is 0.206 e. The molecule has 4 saturated carbocycles. The Balaban J connectivity index is 1.56. The molecule has 5 heteroatoms. The van der Waals surface area contributed by atoms with Crippen molar-refractivity contribution in [3.8, 4) is 0 Å². The highest BCUT2D eigenvalue weighted by Gasteiger charge is 2.51. The Morgan fingerprint density at radius 2 is 1.72 bits per heavy atom. The number of nitrogens with one attached hydrogen (secondary N) is 1.